The Morgan fingerprint density at radius 1 is 1.48 bits per heavy atom. The van der Waals surface area contributed by atoms with Gasteiger partial charge in [-0.15, -0.1) is 0 Å². The smallest absolute Gasteiger partial charge is 0.291 e. The summed E-state index contributed by atoms with van der Waals surface area (Å²) in [6.07, 6.45) is 7.12. The van der Waals surface area contributed by atoms with Crippen LogP contribution in [-0.2, 0) is 6.42 Å². The largest absolute Gasteiger partial charge is 0.352 e. The van der Waals surface area contributed by atoms with Crippen molar-refractivity contribution in [2.24, 2.45) is 17.1 Å². The zero-order valence-electron chi connectivity index (χ0n) is 13.1. The fourth-order valence-electron chi connectivity index (χ4n) is 4.19. The van der Waals surface area contributed by atoms with Crippen molar-refractivity contribution in [3.05, 3.63) is 22.2 Å². The molecule has 1 aliphatic heterocycles. The summed E-state index contributed by atoms with van der Waals surface area (Å²) in [6, 6.07) is 0.323. The minimum atomic E-state index is -0.0608. The number of aryl methyl sites for hydroxylation is 1. The molecule has 3 rings (SSSR count). The Hall–Kier alpha value is -1.36. The van der Waals surface area contributed by atoms with Crippen LogP contribution in [0.2, 0.25) is 0 Å². The van der Waals surface area contributed by atoms with E-state index in [1.807, 2.05) is 6.92 Å². The number of aromatic amines is 1. The van der Waals surface area contributed by atoms with Crippen molar-refractivity contribution in [2.45, 2.75) is 52.0 Å². The van der Waals surface area contributed by atoms with Crippen molar-refractivity contribution in [3.8, 4) is 0 Å². The summed E-state index contributed by atoms with van der Waals surface area (Å²) in [5, 5.41) is 0. The van der Waals surface area contributed by atoms with Crippen molar-refractivity contribution >= 4 is 5.82 Å². The standard InChI is InChI=1S/C16H26N4O/c1-3-12-10-18-14(15(21)19-12)20-6-4-16(5-7-20)9-11(2)8-13(16)17/h10-11,13H,3-9,17H2,1-2H3,(H,19,21)/t11-,13+/m0/s1. The van der Waals surface area contributed by atoms with Crippen molar-refractivity contribution in [1.82, 2.24) is 9.97 Å². The molecule has 5 heteroatoms. The van der Waals surface area contributed by atoms with E-state index < -0.39 is 0 Å². The van der Waals surface area contributed by atoms with Gasteiger partial charge in [0.25, 0.3) is 5.56 Å². The first-order valence-electron chi connectivity index (χ1n) is 8.13. The normalized spacial score (nSPS) is 28.2. The van der Waals surface area contributed by atoms with E-state index in [1.165, 1.54) is 6.42 Å². The molecule has 0 amide bonds. The van der Waals surface area contributed by atoms with Crippen molar-refractivity contribution < 1.29 is 0 Å². The summed E-state index contributed by atoms with van der Waals surface area (Å²) in [4.78, 5) is 21.6. The molecule has 1 aromatic rings. The van der Waals surface area contributed by atoms with Crippen LogP contribution in [0.1, 0.15) is 45.2 Å². The molecule has 1 aliphatic carbocycles. The van der Waals surface area contributed by atoms with Gasteiger partial charge in [0.15, 0.2) is 5.82 Å². The lowest BCUT2D eigenvalue weighted by atomic mass is 9.74. The van der Waals surface area contributed by atoms with E-state index in [4.69, 9.17) is 5.73 Å². The average molecular weight is 290 g/mol. The molecule has 0 bridgehead atoms. The average Bonchev–Trinajstić information content (AvgIpc) is 2.74. The van der Waals surface area contributed by atoms with Gasteiger partial charge in [-0.05, 0) is 43.4 Å². The molecule has 2 heterocycles. The van der Waals surface area contributed by atoms with E-state index in [0.29, 0.717) is 17.3 Å². The third-order valence-corrected chi connectivity index (χ3v) is 5.46. The summed E-state index contributed by atoms with van der Waals surface area (Å²) in [6.45, 7) is 6.10. The highest BCUT2D eigenvalue weighted by molar-refractivity contribution is 5.37. The summed E-state index contributed by atoms with van der Waals surface area (Å²) >= 11 is 0. The summed E-state index contributed by atoms with van der Waals surface area (Å²) in [5.41, 5.74) is 7.51. The van der Waals surface area contributed by atoms with E-state index >= 15 is 0 Å². The number of anilines is 1. The quantitative estimate of drug-likeness (QED) is 0.869. The summed E-state index contributed by atoms with van der Waals surface area (Å²) in [7, 11) is 0. The van der Waals surface area contributed by atoms with E-state index in [0.717, 1.165) is 50.4 Å². The van der Waals surface area contributed by atoms with E-state index in [1.54, 1.807) is 6.20 Å². The number of rotatable bonds is 2. The molecule has 1 saturated carbocycles. The molecule has 1 aromatic heterocycles. The number of hydrogen-bond acceptors (Lipinski definition) is 4. The van der Waals surface area contributed by atoms with Gasteiger partial charge in [0.2, 0.25) is 0 Å². The van der Waals surface area contributed by atoms with Crippen LogP contribution in [0, 0.1) is 11.3 Å². The predicted molar refractivity (Wildman–Crippen MR) is 84.5 cm³/mol. The van der Waals surface area contributed by atoms with Crippen LogP contribution >= 0.6 is 0 Å². The minimum Gasteiger partial charge on any atom is -0.352 e. The Bertz CT molecular complexity index is 560. The van der Waals surface area contributed by atoms with Gasteiger partial charge in [-0.2, -0.15) is 0 Å². The molecule has 2 atom stereocenters. The van der Waals surface area contributed by atoms with Gasteiger partial charge in [-0.25, -0.2) is 4.98 Å². The van der Waals surface area contributed by atoms with Gasteiger partial charge in [0, 0.05) is 31.0 Å². The molecule has 5 nitrogen and oxygen atoms in total. The fraction of sp³-hybridized carbons (Fsp3) is 0.750. The lowest BCUT2D eigenvalue weighted by molar-refractivity contribution is 0.192. The number of hydrogen-bond donors (Lipinski definition) is 2. The molecule has 2 aliphatic rings. The molecular formula is C16H26N4O. The zero-order chi connectivity index (χ0) is 15.0. The molecule has 0 aromatic carbocycles. The van der Waals surface area contributed by atoms with Crippen LogP contribution in [0.3, 0.4) is 0 Å². The second-order valence-electron chi connectivity index (χ2n) is 6.92. The second kappa shape index (κ2) is 5.44. The summed E-state index contributed by atoms with van der Waals surface area (Å²) in [5.74, 6) is 1.30. The van der Waals surface area contributed by atoms with Crippen molar-refractivity contribution in [2.75, 3.05) is 18.0 Å². The third-order valence-electron chi connectivity index (χ3n) is 5.46. The predicted octanol–water partition coefficient (Wildman–Crippen LogP) is 1.68. The molecule has 2 fully saturated rings. The maximum atomic E-state index is 12.1. The number of nitrogens with zero attached hydrogens (tertiary/aromatic N) is 2. The maximum absolute atomic E-state index is 12.1. The Morgan fingerprint density at radius 3 is 2.71 bits per heavy atom. The van der Waals surface area contributed by atoms with Gasteiger partial charge >= 0.3 is 0 Å². The highest BCUT2D eigenvalue weighted by Gasteiger charge is 2.45. The molecule has 0 radical (unpaired) electrons. The van der Waals surface area contributed by atoms with Crippen LogP contribution in [0.4, 0.5) is 5.82 Å². The first kappa shape index (κ1) is 14.6. The number of nitrogens with one attached hydrogen (secondary N) is 1. The van der Waals surface area contributed by atoms with E-state index in [9.17, 15) is 4.79 Å². The van der Waals surface area contributed by atoms with Crippen LogP contribution in [0.5, 0.6) is 0 Å². The molecule has 1 spiro atoms. The van der Waals surface area contributed by atoms with Crippen LogP contribution in [0.25, 0.3) is 0 Å². The Kier molecular flexibility index (Phi) is 3.78. The number of H-pyrrole nitrogens is 1. The highest BCUT2D eigenvalue weighted by atomic mass is 16.1. The summed E-state index contributed by atoms with van der Waals surface area (Å²) < 4.78 is 0. The SMILES string of the molecule is CCc1cnc(N2CCC3(CC2)C[C@@H](C)C[C@H]3N)c(=O)[nH]1. The number of piperidine rings is 1. The van der Waals surface area contributed by atoms with Crippen LogP contribution in [-0.4, -0.2) is 29.1 Å². The van der Waals surface area contributed by atoms with Crippen LogP contribution in [0.15, 0.2) is 11.0 Å². The molecular weight excluding hydrogens is 264 g/mol. The van der Waals surface area contributed by atoms with Crippen molar-refractivity contribution in [1.29, 1.82) is 0 Å². The molecule has 1 saturated heterocycles. The Morgan fingerprint density at radius 2 is 2.19 bits per heavy atom. The molecule has 3 N–H and O–H groups in total. The maximum Gasteiger partial charge on any atom is 0.291 e. The highest BCUT2D eigenvalue weighted by Crippen LogP contribution is 2.48. The van der Waals surface area contributed by atoms with E-state index in [2.05, 4.69) is 21.8 Å². The number of nitrogens with two attached hydrogens (primary N) is 1. The molecule has 116 valence electrons. The lowest BCUT2D eigenvalue weighted by Crippen LogP contribution is -2.48. The monoisotopic (exact) mass is 290 g/mol. The van der Waals surface area contributed by atoms with Gasteiger partial charge in [-0.1, -0.05) is 13.8 Å². The molecule has 0 unspecified atom stereocenters. The first-order valence-corrected chi connectivity index (χ1v) is 8.13. The van der Waals surface area contributed by atoms with Gasteiger partial charge in [-0.3, -0.25) is 4.79 Å². The first-order chi connectivity index (χ1) is 10.0. The second-order valence-corrected chi connectivity index (χ2v) is 6.92. The van der Waals surface area contributed by atoms with Gasteiger partial charge < -0.3 is 15.6 Å². The fourth-order valence-corrected chi connectivity index (χ4v) is 4.19. The minimum absolute atomic E-state index is 0.0608. The van der Waals surface area contributed by atoms with Gasteiger partial charge in [0.05, 0.1) is 0 Å². The third kappa shape index (κ3) is 2.59. The lowest BCUT2D eigenvalue weighted by Gasteiger charge is -2.42. The Balaban J connectivity index is 1.73. The molecule has 21 heavy (non-hydrogen) atoms. The van der Waals surface area contributed by atoms with Gasteiger partial charge in [0.1, 0.15) is 0 Å². The van der Waals surface area contributed by atoms with Crippen LogP contribution < -0.4 is 16.2 Å². The van der Waals surface area contributed by atoms with E-state index in [-0.39, 0.29) is 5.56 Å². The number of aromatic nitrogens is 2. The van der Waals surface area contributed by atoms with Crippen molar-refractivity contribution in [3.63, 3.8) is 0 Å². The topological polar surface area (TPSA) is 75.0 Å². The zero-order valence-corrected chi connectivity index (χ0v) is 13.1. The Labute approximate surface area is 125 Å².